The van der Waals surface area contributed by atoms with Crippen molar-refractivity contribution >= 4 is 11.5 Å². The van der Waals surface area contributed by atoms with Crippen molar-refractivity contribution in [1.82, 2.24) is 9.78 Å². The highest BCUT2D eigenvalue weighted by atomic mass is 16.6. The monoisotopic (exact) mass is 265 g/mol. The van der Waals surface area contributed by atoms with Crippen LogP contribution in [0.1, 0.15) is 43.5 Å². The van der Waals surface area contributed by atoms with Crippen molar-refractivity contribution in [2.45, 2.75) is 52.5 Å². The lowest BCUT2D eigenvalue weighted by molar-refractivity contribution is -0.386. The molecule has 0 radical (unpaired) electrons. The number of hydrogen-bond donors (Lipinski definition) is 0. The van der Waals surface area contributed by atoms with E-state index in [4.69, 9.17) is 0 Å². The zero-order chi connectivity index (χ0) is 14.0. The molecule has 0 atom stereocenters. The fraction of sp³-hybridized carbons (Fsp3) is 0.692. The van der Waals surface area contributed by atoms with Gasteiger partial charge in [0.1, 0.15) is 17.9 Å². The molecule has 6 heteroatoms. The Hall–Kier alpha value is -1.72. The Labute approximate surface area is 111 Å². The maximum absolute atomic E-state index is 12.2. The maximum Gasteiger partial charge on any atom is 0.312 e. The largest absolute Gasteiger partial charge is 0.312 e. The number of nitrogens with zero attached hydrogens (tertiary/aromatic N) is 3. The molecule has 1 saturated carbocycles. The molecule has 1 aromatic heterocycles. The van der Waals surface area contributed by atoms with Gasteiger partial charge in [-0.2, -0.15) is 5.10 Å². The molecule has 0 bridgehead atoms. The van der Waals surface area contributed by atoms with Crippen molar-refractivity contribution in [1.29, 1.82) is 0 Å². The minimum absolute atomic E-state index is 0.0245. The second-order valence-electron chi connectivity index (χ2n) is 5.24. The molecule has 1 aliphatic carbocycles. The van der Waals surface area contributed by atoms with Crippen molar-refractivity contribution < 1.29 is 9.72 Å². The highest BCUT2D eigenvalue weighted by Gasteiger charge is 2.26. The molecule has 2 rings (SSSR count). The molecule has 0 aliphatic heterocycles. The van der Waals surface area contributed by atoms with Crippen molar-refractivity contribution in [2.75, 3.05) is 0 Å². The predicted octanol–water partition coefficient (Wildman–Crippen LogP) is 2.56. The summed E-state index contributed by atoms with van der Waals surface area (Å²) in [6.07, 6.45) is 5.30. The topological polar surface area (TPSA) is 78.0 Å². The van der Waals surface area contributed by atoms with Gasteiger partial charge in [-0.05, 0) is 26.7 Å². The van der Waals surface area contributed by atoms with Gasteiger partial charge in [0.2, 0.25) is 0 Å². The lowest BCUT2D eigenvalue weighted by atomic mass is 9.86. The minimum atomic E-state index is -0.431. The van der Waals surface area contributed by atoms with Gasteiger partial charge in [-0.25, -0.2) is 0 Å². The molecule has 0 saturated heterocycles. The Morgan fingerprint density at radius 1 is 1.37 bits per heavy atom. The highest BCUT2D eigenvalue weighted by Crippen LogP contribution is 2.26. The van der Waals surface area contributed by atoms with E-state index in [0.29, 0.717) is 11.4 Å². The summed E-state index contributed by atoms with van der Waals surface area (Å²) < 4.78 is 1.48. The van der Waals surface area contributed by atoms with E-state index in [1.54, 1.807) is 13.8 Å². The van der Waals surface area contributed by atoms with Gasteiger partial charge in [0.05, 0.1) is 4.92 Å². The van der Waals surface area contributed by atoms with Crippen LogP contribution in [-0.4, -0.2) is 20.5 Å². The van der Waals surface area contributed by atoms with Gasteiger partial charge in [-0.3, -0.25) is 19.6 Å². The van der Waals surface area contributed by atoms with Gasteiger partial charge in [-0.1, -0.05) is 19.3 Å². The average molecular weight is 265 g/mol. The summed E-state index contributed by atoms with van der Waals surface area (Å²) in [5, 5.41) is 15.0. The number of nitro groups is 1. The van der Waals surface area contributed by atoms with E-state index in [1.165, 1.54) is 11.1 Å². The number of hydrogen-bond acceptors (Lipinski definition) is 4. The Morgan fingerprint density at radius 2 is 2.00 bits per heavy atom. The average Bonchev–Trinajstić information content (AvgIpc) is 2.65. The number of rotatable bonds is 4. The van der Waals surface area contributed by atoms with Crippen LogP contribution in [0.15, 0.2) is 0 Å². The highest BCUT2D eigenvalue weighted by molar-refractivity contribution is 5.81. The quantitative estimate of drug-likeness (QED) is 0.619. The number of ketones is 1. The second-order valence-corrected chi connectivity index (χ2v) is 5.24. The normalized spacial score (nSPS) is 16.5. The Morgan fingerprint density at radius 3 is 2.53 bits per heavy atom. The molecule has 1 fully saturated rings. The van der Waals surface area contributed by atoms with E-state index in [2.05, 4.69) is 5.10 Å². The van der Waals surface area contributed by atoms with Crippen LogP contribution in [0.3, 0.4) is 0 Å². The van der Waals surface area contributed by atoms with Gasteiger partial charge in [0.25, 0.3) is 0 Å². The molecular formula is C13H19N3O3. The molecule has 104 valence electrons. The van der Waals surface area contributed by atoms with E-state index in [-0.39, 0.29) is 23.9 Å². The van der Waals surface area contributed by atoms with Crippen LogP contribution in [-0.2, 0) is 11.3 Å². The van der Waals surface area contributed by atoms with Crippen molar-refractivity contribution in [2.24, 2.45) is 5.92 Å². The van der Waals surface area contributed by atoms with Gasteiger partial charge in [0, 0.05) is 5.92 Å². The van der Waals surface area contributed by atoms with E-state index in [1.807, 2.05) is 0 Å². The maximum atomic E-state index is 12.2. The summed E-state index contributed by atoms with van der Waals surface area (Å²) in [6.45, 7) is 3.41. The third-order valence-electron chi connectivity index (χ3n) is 3.89. The lowest BCUT2D eigenvalue weighted by Gasteiger charge is -2.20. The van der Waals surface area contributed by atoms with Crippen LogP contribution in [0.2, 0.25) is 0 Å². The standard InChI is InChI=1S/C13H19N3O3/c1-9-13(16(18)19)10(2)15(14-9)8-12(17)11-6-4-3-5-7-11/h11H,3-8H2,1-2H3. The van der Waals surface area contributed by atoms with Crippen LogP contribution in [0.4, 0.5) is 5.69 Å². The molecule has 0 aromatic carbocycles. The first-order chi connectivity index (χ1) is 9.00. The zero-order valence-electron chi connectivity index (χ0n) is 11.4. The van der Waals surface area contributed by atoms with Gasteiger partial charge < -0.3 is 0 Å². The van der Waals surface area contributed by atoms with Gasteiger partial charge >= 0.3 is 5.69 Å². The summed E-state index contributed by atoms with van der Waals surface area (Å²) in [7, 11) is 0. The molecule has 0 unspecified atom stereocenters. The number of aromatic nitrogens is 2. The van der Waals surface area contributed by atoms with Gasteiger partial charge in [0.15, 0.2) is 5.78 Å². The van der Waals surface area contributed by atoms with Crippen LogP contribution in [0, 0.1) is 29.9 Å². The van der Waals surface area contributed by atoms with Crippen molar-refractivity contribution in [3.05, 3.63) is 21.5 Å². The van der Waals surface area contributed by atoms with Crippen molar-refractivity contribution in [3.8, 4) is 0 Å². The first kappa shape index (κ1) is 13.7. The van der Waals surface area contributed by atoms with Crippen LogP contribution < -0.4 is 0 Å². The zero-order valence-corrected chi connectivity index (χ0v) is 11.4. The smallest absolute Gasteiger partial charge is 0.297 e. The van der Waals surface area contributed by atoms with E-state index in [0.717, 1.165) is 25.7 Å². The van der Waals surface area contributed by atoms with E-state index in [9.17, 15) is 14.9 Å². The van der Waals surface area contributed by atoms with E-state index >= 15 is 0 Å². The van der Waals surface area contributed by atoms with Crippen molar-refractivity contribution in [3.63, 3.8) is 0 Å². The Balaban J connectivity index is 2.13. The molecule has 0 N–H and O–H groups in total. The number of Topliss-reactive ketones (excluding diaryl/α,β-unsaturated/α-hetero) is 1. The van der Waals surface area contributed by atoms with E-state index < -0.39 is 4.92 Å². The number of carbonyl (C=O) groups is 1. The minimum Gasteiger partial charge on any atom is -0.297 e. The third kappa shape index (κ3) is 2.83. The summed E-state index contributed by atoms with van der Waals surface area (Å²) in [4.78, 5) is 22.7. The molecule has 0 amide bonds. The van der Waals surface area contributed by atoms with Gasteiger partial charge in [-0.15, -0.1) is 0 Å². The number of aryl methyl sites for hydroxylation is 1. The molecule has 6 nitrogen and oxygen atoms in total. The summed E-state index contributed by atoms with van der Waals surface area (Å²) in [6, 6.07) is 0. The van der Waals surface area contributed by atoms with Crippen LogP contribution in [0.25, 0.3) is 0 Å². The fourth-order valence-electron chi connectivity index (χ4n) is 2.81. The number of carbonyl (C=O) groups excluding carboxylic acids is 1. The molecule has 1 aliphatic rings. The molecule has 1 aromatic rings. The lowest BCUT2D eigenvalue weighted by Crippen LogP contribution is -2.23. The molecule has 19 heavy (non-hydrogen) atoms. The molecular weight excluding hydrogens is 246 g/mol. The predicted molar refractivity (Wildman–Crippen MR) is 69.9 cm³/mol. The Kier molecular flexibility index (Phi) is 3.97. The first-order valence-electron chi connectivity index (χ1n) is 6.72. The second kappa shape index (κ2) is 5.50. The SMILES string of the molecule is Cc1nn(CC(=O)C2CCCCC2)c(C)c1[N+](=O)[O-]. The third-order valence-corrected chi connectivity index (χ3v) is 3.89. The van der Waals surface area contributed by atoms with Crippen LogP contribution >= 0.6 is 0 Å². The first-order valence-corrected chi connectivity index (χ1v) is 6.72. The Bertz CT molecular complexity index is 501. The summed E-state index contributed by atoms with van der Waals surface area (Å²) in [5.41, 5.74) is 0.863. The molecule has 1 heterocycles. The van der Waals surface area contributed by atoms with Crippen LogP contribution in [0.5, 0.6) is 0 Å². The molecule has 0 spiro atoms. The summed E-state index contributed by atoms with van der Waals surface area (Å²) >= 11 is 0. The summed E-state index contributed by atoms with van der Waals surface area (Å²) in [5.74, 6) is 0.261. The fourth-order valence-corrected chi connectivity index (χ4v) is 2.81.